The Balaban J connectivity index is 2.19. The van der Waals surface area contributed by atoms with E-state index in [2.05, 4.69) is 6.08 Å². The van der Waals surface area contributed by atoms with Crippen LogP contribution in [0.3, 0.4) is 0 Å². The molecule has 10 heavy (non-hydrogen) atoms. The smallest absolute Gasteiger partial charge is 0.130 e. The molecule has 0 saturated heterocycles. The zero-order chi connectivity index (χ0) is 7.40. The van der Waals surface area contributed by atoms with Crippen molar-refractivity contribution in [2.75, 3.05) is 0 Å². The van der Waals surface area contributed by atoms with Gasteiger partial charge in [-0.25, -0.2) is 0 Å². The van der Waals surface area contributed by atoms with Crippen molar-refractivity contribution in [1.82, 2.24) is 0 Å². The number of hydrogen-bond acceptors (Lipinski definition) is 1. The van der Waals surface area contributed by atoms with Gasteiger partial charge in [0.2, 0.25) is 0 Å². The number of Topliss-reactive ketones (excluding diaryl/α,β-unsaturated/α-hetero) is 1. The summed E-state index contributed by atoms with van der Waals surface area (Å²) in [5.74, 6) is 0.313. The second kappa shape index (κ2) is 3.55. The van der Waals surface area contributed by atoms with Crippen molar-refractivity contribution < 1.29 is 4.79 Å². The molecule has 56 valence electrons. The first-order valence-corrected chi connectivity index (χ1v) is 3.96. The van der Waals surface area contributed by atoms with E-state index in [-0.39, 0.29) is 0 Å². The summed E-state index contributed by atoms with van der Waals surface area (Å²) in [6, 6.07) is 0. The van der Waals surface area contributed by atoms with Crippen LogP contribution >= 0.6 is 0 Å². The van der Waals surface area contributed by atoms with Crippen LogP contribution in [0, 0.1) is 0 Å². The quantitative estimate of drug-likeness (QED) is 0.547. The molecule has 0 aromatic rings. The fourth-order valence-electron chi connectivity index (χ4n) is 1.30. The Morgan fingerprint density at radius 1 is 1.70 bits per heavy atom. The van der Waals surface area contributed by atoms with E-state index in [4.69, 9.17) is 0 Å². The SMILES string of the molecule is CC(=O)CCC1=CCCC1. The minimum Gasteiger partial charge on any atom is -0.300 e. The molecule has 0 heterocycles. The van der Waals surface area contributed by atoms with Crippen LogP contribution in [0.2, 0.25) is 0 Å². The van der Waals surface area contributed by atoms with E-state index < -0.39 is 0 Å². The van der Waals surface area contributed by atoms with Gasteiger partial charge in [0.1, 0.15) is 5.78 Å². The monoisotopic (exact) mass is 138 g/mol. The van der Waals surface area contributed by atoms with E-state index in [1.54, 1.807) is 6.92 Å². The summed E-state index contributed by atoms with van der Waals surface area (Å²) in [5.41, 5.74) is 1.50. The largest absolute Gasteiger partial charge is 0.300 e. The third-order valence-corrected chi connectivity index (χ3v) is 1.93. The lowest BCUT2D eigenvalue weighted by Gasteiger charge is -1.96. The minimum absolute atomic E-state index is 0.313. The van der Waals surface area contributed by atoms with Crippen LogP contribution < -0.4 is 0 Å². The van der Waals surface area contributed by atoms with Gasteiger partial charge in [-0.3, -0.25) is 0 Å². The topological polar surface area (TPSA) is 17.1 Å². The first-order chi connectivity index (χ1) is 4.79. The van der Waals surface area contributed by atoms with Crippen molar-refractivity contribution >= 4 is 5.78 Å². The first-order valence-electron chi connectivity index (χ1n) is 3.96. The summed E-state index contributed by atoms with van der Waals surface area (Å²) in [6.45, 7) is 1.66. The normalized spacial score (nSPS) is 17.1. The Bertz CT molecular complexity index is 156. The van der Waals surface area contributed by atoms with Crippen LogP contribution in [0.5, 0.6) is 0 Å². The molecule has 1 rings (SSSR count). The third-order valence-electron chi connectivity index (χ3n) is 1.93. The van der Waals surface area contributed by atoms with Crippen molar-refractivity contribution in [2.45, 2.75) is 39.0 Å². The second-order valence-electron chi connectivity index (χ2n) is 2.96. The average molecular weight is 138 g/mol. The predicted octanol–water partition coefficient (Wildman–Crippen LogP) is 2.47. The van der Waals surface area contributed by atoms with Gasteiger partial charge in [-0.15, -0.1) is 0 Å². The molecule has 0 aromatic carbocycles. The van der Waals surface area contributed by atoms with Gasteiger partial charge in [-0.05, 0) is 32.6 Å². The van der Waals surface area contributed by atoms with E-state index in [1.165, 1.54) is 24.8 Å². The van der Waals surface area contributed by atoms with Gasteiger partial charge in [-0.1, -0.05) is 11.6 Å². The Kier molecular flexibility index (Phi) is 2.67. The van der Waals surface area contributed by atoms with Gasteiger partial charge < -0.3 is 4.79 Å². The molecule has 0 unspecified atom stereocenters. The number of ketones is 1. The van der Waals surface area contributed by atoms with Crippen molar-refractivity contribution in [3.05, 3.63) is 11.6 Å². The molecule has 0 N–H and O–H groups in total. The number of allylic oxidation sites excluding steroid dienone is 2. The van der Waals surface area contributed by atoms with Gasteiger partial charge in [0, 0.05) is 6.42 Å². The molecule has 0 fully saturated rings. The van der Waals surface area contributed by atoms with E-state index >= 15 is 0 Å². The number of carbonyl (C=O) groups is 1. The first kappa shape index (κ1) is 7.52. The van der Waals surface area contributed by atoms with Crippen LogP contribution in [0.25, 0.3) is 0 Å². The summed E-state index contributed by atoms with van der Waals surface area (Å²) in [7, 11) is 0. The molecule has 0 radical (unpaired) electrons. The molecule has 0 spiro atoms. The van der Waals surface area contributed by atoms with Crippen LogP contribution in [-0.4, -0.2) is 5.78 Å². The molecule has 1 aliphatic rings. The standard InChI is InChI=1S/C9H14O/c1-8(10)6-7-9-4-2-3-5-9/h4H,2-3,5-7H2,1H3. The van der Waals surface area contributed by atoms with E-state index in [0.717, 1.165) is 12.8 Å². The van der Waals surface area contributed by atoms with E-state index in [1.807, 2.05) is 0 Å². The molecule has 1 nitrogen and oxygen atoms in total. The lowest BCUT2D eigenvalue weighted by Crippen LogP contribution is -1.89. The molecule has 0 bridgehead atoms. The zero-order valence-corrected chi connectivity index (χ0v) is 6.52. The van der Waals surface area contributed by atoms with Crippen molar-refractivity contribution in [1.29, 1.82) is 0 Å². The maximum atomic E-state index is 10.6. The summed E-state index contributed by atoms with van der Waals surface area (Å²) >= 11 is 0. The highest BCUT2D eigenvalue weighted by Gasteiger charge is 2.04. The van der Waals surface area contributed by atoms with Gasteiger partial charge in [-0.2, -0.15) is 0 Å². The number of carbonyl (C=O) groups excluding carboxylic acids is 1. The Morgan fingerprint density at radius 2 is 2.50 bits per heavy atom. The lowest BCUT2D eigenvalue weighted by molar-refractivity contribution is -0.116. The van der Waals surface area contributed by atoms with E-state index in [0.29, 0.717) is 5.78 Å². The van der Waals surface area contributed by atoms with Crippen LogP contribution in [0.4, 0.5) is 0 Å². The highest BCUT2D eigenvalue weighted by Crippen LogP contribution is 2.21. The van der Waals surface area contributed by atoms with Gasteiger partial charge in [0.25, 0.3) is 0 Å². The van der Waals surface area contributed by atoms with Crippen LogP contribution in [-0.2, 0) is 4.79 Å². The van der Waals surface area contributed by atoms with Gasteiger partial charge >= 0.3 is 0 Å². The third kappa shape index (κ3) is 2.34. The van der Waals surface area contributed by atoms with Crippen LogP contribution in [0.15, 0.2) is 11.6 Å². The number of hydrogen-bond donors (Lipinski definition) is 0. The predicted molar refractivity (Wildman–Crippen MR) is 41.8 cm³/mol. The molecular weight excluding hydrogens is 124 g/mol. The van der Waals surface area contributed by atoms with Crippen molar-refractivity contribution in [3.8, 4) is 0 Å². The average Bonchev–Trinajstić information content (AvgIpc) is 2.34. The Hall–Kier alpha value is -0.590. The second-order valence-corrected chi connectivity index (χ2v) is 2.96. The van der Waals surface area contributed by atoms with Crippen molar-refractivity contribution in [3.63, 3.8) is 0 Å². The van der Waals surface area contributed by atoms with Crippen LogP contribution in [0.1, 0.15) is 39.0 Å². The van der Waals surface area contributed by atoms with Gasteiger partial charge in [0.15, 0.2) is 0 Å². The fourth-order valence-corrected chi connectivity index (χ4v) is 1.30. The molecular formula is C9H14O. The molecule has 0 aromatic heterocycles. The highest BCUT2D eigenvalue weighted by atomic mass is 16.1. The molecule has 1 aliphatic carbocycles. The lowest BCUT2D eigenvalue weighted by atomic mass is 10.1. The maximum absolute atomic E-state index is 10.6. The Labute approximate surface area is 62.1 Å². The number of rotatable bonds is 3. The summed E-state index contributed by atoms with van der Waals surface area (Å²) in [6.07, 6.45) is 7.79. The maximum Gasteiger partial charge on any atom is 0.130 e. The molecule has 0 atom stereocenters. The summed E-state index contributed by atoms with van der Waals surface area (Å²) < 4.78 is 0. The molecule has 0 aliphatic heterocycles. The fraction of sp³-hybridized carbons (Fsp3) is 0.667. The van der Waals surface area contributed by atoms with Gasteiger partial charge in [0.05, 0.1) is 0 Å². The summed E-state index contributed by atoms with van der Waals surface area (Å²) in [5, 5.41) is 0. The van der Waals surface area contributed by atoms with Crippen molar-refractivity contribution in [2.24, 2.45) is 0 Å². The molecule has 1 heteroatoms. The summed E-state index contributed by atoms with van der Waals surface area (Å²) in [4.78, 5) is 10.6. The molecule has 0 amide bonds. The highest BCUT2D eigenvalue weighted by molar-refractivity contribution is 5.75. The van der Waals surface area contributed by atoms with E-state index in [9.17, 15) is 4.79 Å². The Morgan fingerprint density at radius 3 is 3.00 bits per heavy atom. The molecule has 0 saturated carbocycles. The zero-order valence-electron chi connectivity index (χ0n) is 6.52. The minimum atomic E-state index is 0.313.